The summed E-state index contributed by atoms with van der Waals surface area (Å²) in [6, 6.07) is 0. The van der Waals surface area contributed by atoms with Gasteiger partial charge in [-0.25, -0.2) is 0 Å². The standard InChI is InChI=1S/C9H17NO2S/c1-7(9(11)12)13-8-3-5-10(2)6-4-8/h7-8H,3-6H2,1-2H3,(H,11,12). The highest BCUT2D eigenvalue weighted by atomic mass is 32.2. The van der Waals surface area contributed by atoms with Crippen molar-refractivity contribution in [2.24, 2.45) is 0 Å². The third-order valence-electron chi connectivity index (χ3n) is 2.41. The summed E-state index contributed by atoms with van der Waals surface area (Å²) in [5.41, 5.74) is 0. The Morgan fingerprint density at radius 3 is 2.54 bits per heavy atom. The van der Waals surface area contributed by atoms with Crippen molar-refractivity contribution in [3.63, 3.8) is 0 Å². The highest BCUT2D eigenvalue weighted by Crippen LogP contribution is 2.26. The maximum atomic E-state index is 10.6. The second-order valence-corrected chi connectivity index (χ2v) is 5.27. The van der Waals surface area contributed by atoms with E-state index in [2.05, 4.69) is 11.9 Å². The van der Waals surface area contributed by atoms with E-state index in [1.54, 1.807) is 18.7 Å². The number of carbonyl (C=O) groups is 1. The van der Waals surface area contributed by atoms with Crippen molar-refractivity contribution in [3.8, 4) is 0 Å². The van der Waals surface area contributed by atoms with Crippen molar-refractivity contribution < 1.29 is 9.90 Å². The molecule has 1 unspecified atom stereocenters. The first-order valence-corrected chi connectivity index (χ1v) is 5.60. The number of hydrogen-bond acceptors (Lipinski definition) is 3. The number of aliphatic carboxylic acids is 1. The molecule has 4 heteroatoms. The molecule has 0 bridgehead atoms. The molecular formula is C9H17NO2S. The van der Waals surface area contributed by atoms with Gasteiger partial charge < -0.3 is 10.0 Å². The van der Waals surface area contributed by atoms with Crippen molar-refractivity contribution in [1.29, 1.82) is 0 Å². The molecule has 0 radical (unpaired) electrons. The van der Waals surface area contributed by atoms with Crippen LogP contribution in [0.4, 0.5) is 0 Å². The van der Waals surface area contributed by atoms with Gasteiger partial charge in [-0.05, 0) is 39.9 Å². The topological polar surface area (TPSA) is 40.5 Å². The largest absolute Gasteiger partial charge is 0.480 e. The van der Waals surface area contributed by atoms with Crippen LogP contribution in [-0.4, -0.2) is 46.6 Å². The number of carboxylic acid groups (broad SMARTS) is 1. The predicted octanol–water partition coefficient (Wildman–Crippen LogP) is 1.29. The third kappa shape index (κ3) is 3.56. The molecule has 0 amide bonds. The first-order valence-electron chi connectivity index (χ1n) is 4.66. The molecule has 13 heavy (non-hydrogen) atoms. The van der Waals surface area contributed by atoms with Crippen LogP contribution in [0.1, 0.15) is 19.8 Å². The number of nitrogens with zero attached hydrogens (tertiary/aromatic N) is 1. The van der Waals surface area contributed by atoms with E-state index < -0.39 is 5.97 Å². The molecule has 0 spiro atoms. The van der Waals surface area contributed by atoms with E-state index in [9.17, 15) is 4.79 Å². The Kier molecular flexibility index (Phi) is 4.06. The van der Waals surface area contributed by atoms with Gasteiger partial charge in [-0.1, -0.05) is 0 Å². The van der Waals surface area contributed by atoms with Crippen molar-refractivity contribution in [2.75, 3.05) is 20.1 Å². The lowest BCUT2D eigenvalue weighted by molar-refractivity contribution is -0.136. The van der Waals surface area contributed by atoms with Crippen molar-refractivity contribution in [3.05, 3.63) is 0 Å². The van der Waals surface area contributed by atoms with Gasteiger partial charge in [-0.2, -0.15) is 0 Å². The summed E-state index contributed by atoms with van der Waals surface area (Å²) >= 11 is 1.60. The van der Waals surface area contributed by atoms with Crippen LogP contribution in [0.25, 0.3) is 0 Å². The van der Waals surface area contributed by atoms with E-state index in [-0.39, 0.29) is 5.25 Å². The second kappa shape index (κ2) is 4.86. The van der Waals surface area contributed by atoms with Crippen LogP contribution in [0.3, 0.4) is 0 Å². The van der Waals surface area contributed by atoms with Crippen LogP contribution >= 0.6 is 11.8 Å². The molecule has 1 aliphatic heterocycles. The molecular weight excluding hydrogens is 186 g/mol. The van der Waals surface area contributed by atoms with E-state index in [4.69, 9.17) is 5.11 Å². The molecule has 0 aliphatic carbocycles. The molecule has 1 N–H and O–H groups in total. The van der Waals surface area contributed by atoms with E-state index >= 15 is 0 Å². The molecule has 0 aromatic rings. The van der Waals surface area contributed by atoms with Crippen LogP contribution in [0.2, 0.25) is 0 Å². The Balaban J connectivity index is 2.26. The van der Waals surface area contributed by atoms with Gasteiger partial charge in [0.2, 0.25) is 0 Å². The Labute approximate surface area is 83.5 Å². The average Bonchev–Trinajstić information content (AvgIpc) is 2.08. The molecule has 1 rings (SSSR count). The summed E-state index contributed by atoms with van der Waals surface area (Å²) in [6.45, 7) is 3.97. The number of likely N-dealkylation sites (tertiary alicyclic amines) is 1. The fourth-order valence-corrected chi connectivity index (χ4v) is 2.64. The van der Waals surface area contributed by atoms with E-state index in [1.165, 1.54) is 0 Å². The Hall–Kier alpha value is -0.220. The zero-order valence-electron chi connectivity index (χ0n) is 8.19. The molecule has 0 aromatic heterocycles. The molecule has 76 valence electrons. The third-order valence-corrected chi connectivity index (χ3v) is 3.88. The highest BCUT2D eigenvalue weighted by molar-refractivity contribution is 8.01. The molecule has 0 saturated carbocycles. The lowest BCUT2D eigenvalue weighted by Gasteiger charge is -2.29. The predicted molar refractivity (Wildman–Crippen MR) is 55.2 cm³/mol. The minimum atomic E-state index is -0.691. The van der Waals surface area contributed by atoms with Gasteiger partial charge in [0.05, 0.1) is 5.25 Å². The SMILES string of the molecule is CC(SC1CCN(C)CC1)C(=O)O. The summed E-state index contributed by atoms with van der Waals surface area (Å²) in [5.74, 6) is -0.691. The van der Waals surface area contributed by atoms with Crippen LogP contribution < -0.4 is 0 Å². The van der Waals surface area contributed by atoms with Gasteiger partial charge in [0.25, 0.3) is 0 Å². The summed E-state index contributed by atoms with van der Waals surface area (Å²) < 4.78 is 0. The average molecular weight is 203 g/mol. The van der Waals surface area contributed by atoms with Gasteiger partial charge in [-0.3, -0.25) is 4.79 Å². The number of piperidine rings is 1. The molecule has 1 heterocycles. The maximum absolute atomic E-state index is 10.6. The lowest BCUT2D eigenvalue weighted by Crippen LogP contribution is -2.32. The number of hydrogen-bond donors (Lipinski definition) is 1. The van der Waals surface area contributed by atoms with Crippen LogP contribution in [0.5, 0.6) is 0 Å². The molecule has 1 aliphatic rings. The van der Waals surface area contributed by atoms with Crippen LogP contribution in [0, 0.1) is 0 Å². The lowest BCUT2D eigenvalue weighted by atomic mass is 10.1. The second-order valence-electron chi connectivity index (χ2n) is 3.62. The smallest absolute Gasteiger partial charge is 0.316 e. The van der Waals surface area contributed by atoms with Gasteiger partial charge in [-0.15, -0.1) is 11.8 Å². The van der Waals surface area contributed by atoms with Crippen LogP contribution in [0.15, 0.2) is 0 Å². The fourth-order valence-electron chi connectivity index (χ4n) is 1.47. The summed E-state index contributed by atoms with van der Waals surface area (Å²) in [4.78, 5) is 12.9. The minimum Gasteiger partial charge on any atom is -0.480 e. The van der Waals surface area contributed by atoms with Crippen molar-refractivity contribution >= 4 is 17.7 Å². The first kappa shape index (κ1) is 10.9. The van der Waals surface area contributed by atoms with Gasteiger partial charge >= 0.3 is 5.97 Å². The van der Waals surface area contributed by atoms with E-state index in [0.29, 0.717) is 5.25 Å². The number of rotatable bonds is 3. The first-order chi connectivity index (χ1) is 6.09. The van der Waals surface area contributed by atoms with Gasteiger partial charge in [0.1, 0.15) is 0 Å². The monoisotopic (exact) mass is 203 g/mol. The molecule has 1 atom stereocenters. The molecule has 1 fully saturated rings. The van der Waals surface area contributed by atoms with E-state index in [0.717, 1.165) is 25.9 Å². The maximum Gasteiger partial charge on any atom is 0.316 e. The summed E-state index contributed by atoms with van der Waals surface area (Å²) in [5, 5.41) is 9.02. The quantitative estimate of drug-likeness (QED) is 0.750. The molecule has 0 aromatic carbocycles. The Bertz CT molecular complexity index is 178. The van der Waals surface area contributed by atoms with E-state index in [1.807, 2.05) is 0 Å². The summed E-state index contributed by atoms with van der Waals surface area (Å²) in [6.07, 6.45) is 2.25. The minimum absolute atomic E-state index is 0.256. The Morgan fingerprint density at radius 1 is 1.54 bits per heavy atom. The number of carboxylic acids is 1. The van der Waals surface area contributed by atoms with Crippen molar-refractivity contribution in [2.45, 2.75) is 30.3 Å². The highest BCUT2D eigenvalue weighted by Gasteiger charge is 2.22. The normalized spacial score (nSPS) is 22.9. The molecule has 3 nitrogen and oxygen atoms in total. The zero-order valence-corrected chi connectivity index (χ0v) is 9.01. The van der Waals surface area contributed by atoms with Crippen LogP contribution in [-0.2, 0) is 4.79 Å². The Morgan fingerprint density at radius 2 is 2.08 bits per heavy atom. The fraction of sp³-hybridized carbons (Fsp3) is 0.889. The molecule has 1 saturated heterocycles. The van der Waals surface area contributed by atoms with Crippen molar-refractivity contribution in [1.82, 2.24) is 4.90 Å². The zero-order chi connectivity index (χ0) is 9.84. The number of thioether (sulfide) groups is 1. The summed E-state index contributed by atoms with van der Waals surface area (Å²) in [7, 11) is 2.11. The van der Waals surface area contributed by atoms with Gasteiger partial charge in [0, 0.05) is 5.25 Å². The van der Waals surface area contributed by atoms with Gasteiger partial charge in [0.15, 0.2) is 0 Å².